The molecule has 0 fully saturated rings. The molecule has 4 aromatic heterocycles. The van der Waals surface area contributed by atoms with Crippen LogP contribution < -0.4 is 5.73 Å². The Balaban J connectivity index is 1.58. The molecule has 0 aliphatic rings. The third kappa shape index (κ3) is 3.31. The molecule has 0 unspecified atom stereocenters. The van der Waals surface area contributed by atoms with E-state index in [1.807, 2.05) is 89.3 Å². The first-order valence-corrected chi connectivity index (χ1v) is 12.7. The van der Waals surface area contributed by atoms with Crippen molar-refractivity contribution in [2.75, 3.05) is 5.73 Å². The van der Waals surface area contributed by atoms with Crippen molar-refractivity contribution in [2.24, 2.45) is 0 Å². The lowest BCUT2D eigenvalue weighted by molar-refractivity contribution is 0.597. The first kappa shape index (κ1) is 21.6. The van der Waals surface area contributed by atoms with E-state index in [-0.39, 0.29) is 0 Å². The maximum Gasteiger partial charge on any atom is 0.158 e. The van der Waals surface area contributed by atoms with Crippen LogP contribution in [0.3, 0.4) is 0 Å². The Morgan fingerprint density at radius 2 is 1.57 bits per heavy atom. The van der Waals surface area contributed by atoms with Gasteiger partial charge in [0.25, 0.3) is 0 Å². The van der Waals surface area contributed by atoms with Crippen molar-refractivity contribution in [1.29, 1.82) is 5.26 Å². The number of hydrogen-bond donors (Lipinski definition) is 1. The molecule has 6 nitrogen and oxygen atoms in total. The van der Waals surface area contributed by atoms with E-state index in [9.17, 15) is 5.26 Å². The van der Waals surface area contributed by atoms with Crippen LogP contribution in [-0.2, 0) is 0 Å². The molecule has 0 radical (unpaired) electrons. The Hall–Kier alpha value is -4.64. The minimum absolute atomic E-state index is 0.372. The second-order valence-corrected chi connectivity index (χ2v) is 10.0. The number of nitrogens with zero attached hydrogens (tertiary/aromatic N) is 4. The average molecular weight is 518 g/mol. The first-order chi connectivity index (χ1) is 18.1. The van der Waals surface area contributed by atoms with Crippen LogP contribution in [0.25, 0.3) is 60.1 Å². The highest BCUT2D eigenvalue weighted by atomic mass is 35.5. The SMILES string of the molecule is N#Cc1c(-c2ccc(-c3ccc(Cl)cc3)o2)c(-c2nc3ccccc3s2)c(N)n2c1nc1ccccc12. The summed E-state index contributed by atoms with van der Waals surface area (Å²) in [6, 6.07) is 29.1. The number of nitrogens with two attached hydrogens (primary N) is 1. The molecule has 2 N–H and O–H groups in total. The molecule has 0 spiro atoms. The number of pyridine rings is 1. The summed E-state index contributed by atoms with van der Waals surface area (Å²) in [4.78, 5) is 9.66. The monoisotopic (exact) mass is 517 g/mol. The van der Waals surface area contributed by atoms with E-state index >= 15 is 0 Å². The summed E-state index contributed by atoms with van der Waals surface area (Å²) < 4.78 is 9.20. The molecule has 176 valence electrons. The van der Waals surface area contributed by atoms with E-state index in [1.54, 1.807) is 0 Å². The molecular formula is C29H16ClN5OS. The molecular weight excluding hydrogens is 502 g/mol. The smallest absolute Gasteiger partial charge is 0.158 e. The van der Waals surface area contributed by atoms with Crippen molar-refractivity contribution in [1.82, 2.24) is 14.4 Å². The summed E-state index contributed by atoms with van der Waals surface area (Å²) >= 11 is 7.60. The van der Waals surface area contributed by atoms with Crippen molar-refractivity contribution in [3.63, 3.8) is 0 Å². The van der Waals surface area contributed by atoms with Gasteiger partial charge in [-0.15, -0.1) is 11.3 Å². The predicted molar refractivity (Wildman–Crippen MR) is 149 cm³/mol. The quantitative estimate of drug-likeness (QED) is 0.258. The van der Waals surface area contributed by atoms with E-state index in [2.05, 4.69) is 6.07 Å². The van der Waals surface area contributed by atoms with Crippen LogP contribution >= 0.6 is 22.9 Å². The largest absolute Gasteiger partial charge is 0.456 e. The second kappa shape index (κ2) is 8.20. The van der Waals surface area contributed by atoms with Crippen LogP contribution in [0.5, 0.6) is 0 Å². The van der Waals surface area contributed by atoms with Gasteiger partial charge in [-0.1, -0.05) is 35.9 Å². The highest BCUT2D eigenvalue weighted by Gasteiger charge is 2.27. The predicted octanol–water partition coefficient (Wildman–Crippen LogP) is 7.80. The summed E-state index contributed by atoms with van der Waals surface area (Å²) in [5.74, 6) is 1.61. The molecule has 0 amide bonds. The average Bonchev–Trinajstić information content (AvgIpc) is 3.65. The molecule has 0 saturated heterocycles. The zero-order valence-corrected chi connectivity index (χ0v) is 20.7. The van der Waals surface area contributed by atoms with Gasteiger partial charge in [-0.05, 0) is 60.7 Å². The Morgan fingerprint density at radius 1 is 0.838 bits per heavy atom. The van der Waals surface area contributed by atoms with Gasteiger partial charge in [0.1, 0.15) is 34.0 Å². The van der Waals surface area contributed by atoms with Crippen LogP contribution in [0.4, 0.5) is 5.82 Å². The number of furan rings is 1. The molecule has 0 atom stereocenters. The minimum Gasteiger partial charge on any atom is -0.456 e. The number of fused-ring (bicyclic) bond motifs is 4. The number of halogens is 1. The summed E-state index contributed by atoms with van der Waals surface area (Å²) in [6.07, 6.45) is 0. The van der Waals surface area contributed by atoms with Crippen molar-refractivity contribution in [3.8, 4) is 39.3 Å². The Labute approximate surface area is 219 Å². The number of aromatic nitrogens is 3. The first-order valence-electron chi connectivity index (χ1n) is 11.5. The van der Waals surface area contributed by atoms with Crippen molar-refractivity contribution in [3.05, 3.63) is 95.5 Å². The summed E-state index contributed by atoms with van der Waals surface area (Å²) in [7, 11) is 0. The van der Waals surface area contributed by atoms with Gasteiger partial charge in [0.2, 0.25) is 0 Å². The Morgan fingerprint density at radius 3 is 2.35 bits per heavy atom. The second-order valence-electron chi connectivity index (χ2n) is 8.54. The fraction of sp³-hybridized carbons (Fsp3) is 0. The van der Waals surface area contributed by atoms with Crippen molar-refractivity contribution < 1.29 is 4.42 Å². The minimum atomic E-state index is 0.372. The van der Waals surface area contributed by atoms with Crippen molar-refractivity contribution in [2.45, 2.75) is 0 Å². The van der Waals surface area contributed by atoms with Gasteiger partial charge in [-0.2, -0.15) is 5.26 Å². The Bertz CT molecular complexity index is 2000. The number of nitrogen functional groups attached to an aromatic ring is 1. The van der Waals surface area contributed by atoms with E-state index in [0.29, 0.717) is 49.7 Å². The molecule has 3 aromatic carbocycles. The summed E-state index contributed by atoms with van der Waals surface area (Å²) in [6.45, 7) is 0. The van der Waals surface area contributed by atoms with Crippen LogP contribution in [0.1, 0.15) is 5.56 Å². The van der Waals surface area contributed by atoms with E-state index in [0.717, 1.165) is 26.8 Å². The van der Waals surface area contributed by atoms with Crippen LogP contribution in [0, 0.1) is 11.3 Å². The molecule has 0 aliphatic heterocycles. The number of para-hydroxylation sites is 3. The number of rotatable bonds is 3. The molecule has 8 heteroatoms. The van der Waals surface area contributed by atoms with Gasteiger partial charge >= 0.3 is 0 Å². The third-order valence-electron chi connectivity index (χ3n) is 6.38. The molecule has 7 rings (SSSR count). The number of benzene rings is 3. The maximum absolute atomic E-state index is 10.4. The lowest BCUT2D eigenvalue weighted by atomic mass is 10.0. The highest BCUT2D eigenvalue weighted by Crippen LogP contribution is 2.45. The number of nitriles is 1. The lowest BCUT2D eigenvalue weighted by Crippen LogP contribution is -2.05. The summed E-state index contributed by atoms with van der Waals surface area (Å²) in [5, 5.41) is 11.8. The van der Waals surface area contributed by atoms with Crippen LogP contribution in [-0.4, -0.2) is 14.4 Å². The number of anilines is 1. The van der Waals surface area contributed by atoms with Gasteiger partial charge in [-0.25, -0.2) is 9.97 Å². The Kier molecular flexibility index (Phi) is 4.80. The molecule has 7 aromatic rings. The van der Waals surface area contributed by atoms with Crippen molar-refractivity contribution >= 4 is 55.7 Å². The summed E-state index contributed by atoms with van der Waals surface area (Å²) in [5.41, 5.74) is 12.3. The van der Waals surface area contributed by atoms with Gasteiger partial charge in [-0.3, -0.25) is 4.40 Å². The van der Waals surface area contributed by atoms with Crippen LogP contribution in [0.2, 0.25) is 5.02 Å². The molecule has 0 bridgehead atoms. The molecule has 4 heterocycles. The fourth-order valence-electron chi connectivity index (χ4n) is 4.70. The number of thiazole rings is 1. The highest BCUT2D eigenvalue weighted by molar-refractivity contribution is 7.21. The maximum atomic E-state index is 10.4. The fourth-order valence-corrected chi connectivity index (χ4v) is 5.86. The topological polar surface area (TPSA) is 93.1 Å². The van der Waals surface area contributed by atoms with Crippen LogP contribution in [0.15, 0.2) is 89.3 Å². The van der Waals surface area contributed by atoms with Gasteiger partial charge in [0.15, 0.2) is 5.65 Å². The van der Waals surface area contributed by atoms with Gasteiger partial charge < -0.3 is 10.2 Å². The van der Waals surface area contributed by atoms with E-state index in [1.165, 1.54) is 11.3 Å². The van der Waals surface area contributed by atoms with E-state index < -0.39 is 0 Å². The van der Waals surface area contributed by atoms with E-state index in [4.69, 9.17) is 31.7 Å². The lowest BCUT2D eigenvalue weighted by Gasteiger charge is -2.14. The number of hydrogen-bond acceptors (Lipinski definition) is 6. The zero-order chi connectivity index (χ0) is 25.1. The zero-order valence-electron chi connectivity index (χ0n) is 19.1. The normalized spacial score (nSPS) is 11.5. The molecule has 0 aliphatic carbocycles. The van der Waals surface area contributed by atoms with Gasteiger partial charge in [0, 0.05) is 10.6 Å². The van der Waals surface area contributed by atoms with Gasteiger partial charge in [0.05, 0.1) is 32.4 Å². The number of imidazole rings is 1. The third-order valence-corrected chi connectivity index (χ3v) is 7.69. The molecule has 0 saturated carbocycles. The standard InChI is InChI=1S/C29H16ClN5OS/c30-17-11-9-16(10-12-17)22-13-14-23(36-22)25-18(15-31)28-33-19-5-1-3-7-21(19)35(28)27(32)26(25)29-34-20-6-2-4-8-24(20)37-29/h1-14H,32H2. The molecule has 37 heavy (non-hydrogen) atoms.